The van der Waals surface area contributed by atoms with Gasteiger partial charge >= 0.3 is 0 Å². The molecule has 1 atom stereocenters. The summed E-state index contributed by atoms with van der Waals surface area (Å²) in [6.07, 6.45) is 15.3. The van der Waals surface area contributed by atoms with Gasteiger partial charge in [-0.15, -0.1) is 0 Å². The molecular weight excluding hydrogens is 252 g/mol. The Morgan fingerprint density at radius 2 is 2.00 bits per heavy atom. The molecule has 0 saturated heterocycles. The van der Waals surface area contributed by atoms with E-state index in [-0.39, 0.29) is 5.41 Å². The van der Waals surface area contributed by atoms with Gasteiger partial charge in [-0.2, -0.15) is 0 Å². The molecule has 21 heavy (non-hydrogen) atoms. The van der Waals surface area contributed by atoms with Crippen LogP contribution in [0.2, 0.25) is 0 Å². The van der Waals surface area contributed by atoms with E-state index in [0.717, 1.165) is 6.42 Å². The van der Waals surface area contributed by atoms with E-state index in [4.69, 9.17) is 0 Å². The summed E-state index contributed by atoms with van der Waals surface area (Å²) in [5.74, 6) is 0.601. The molecule has 0 N–H and O–H groups in total. The van der Waals surface area contributed by atoms with Gasteiger partial charge in [0.05, 0.1) is 0 Å². The fourth-order valence-corrected chi connectivity index (χ4v) is 4.25. The third-order valence-electron chi connectivity index (χ3n) is 5.32. The van der Waals surface area contributed by atoms with E-state index < -0.39 is 0 Å². The summed E-state index contributed by atoms with van der Waals surface area (Å²) in [4.78, 5) is 0. The maximum Gasteiger partial charge on any atom is 0.0152 e. The summed E-state index contributed by atoms with van der Waals surface area (Å²) >= 11 is 0. The lowest BCUT2D eigenvalue weighted by Gasteiger charge is -2.34. The van der Waals surface area contributed by atoms with Crippen LogP contribution in [-0.2, 0) is 11.8 Å². The Balaban J connectivity index is 2.02. The molecule has 0 fully saturated rings. The molecule has 1 unspecified atom stereocenters. The van der Waals surface area contributed by atoms with Crippen LogP contribution >= 0.6 is 0 Å². The fourth-order valence-electron chi connectivity index (χ4n) is 4.25. The average Bonchev–Trinajstić information content (AvgIpc) is 2.74. The smallest absolute Gasteiger partial charge is 0.0152 e. The molecule has 0 aliphatic heterocycles. The second-order valence-corrected chi connectivity index (χ2v) is 6.95. The maximum absolute atomic E-state index is 2.40. The van der Waals surface area contributed by atoms with Crippen molar-refractivity contribution in [2.75, 3.05) is 0 Å². The largest absolute Gasteiger partial charge is 0.0842 e. The van der Waals surface area contributed by atoms with Gasteiger partial charge in [0.15, 0.2) is 0 Å². The van der Waals surface area contributed by atoms with Gasteiger partial charge in [-0.3, -0.25) is 0 Å². The minimum absolute atomic E-state index is 0.0921. The lowest BCUT2D eigenvalue weighted by atomic mass is 9.70. The van der Waals surface area contributed by atoms with Gasteiger partial charge in [-0.25, -0.2) is 0 Å². The van der Waals surface area contributed by atoms with Crippen molar-refractivity contribution in [1.29, 1.82) is 0 Å². The summed E-state index contributed by atoms with van der Waals surface area (Å²) < 4.78 is 0. The summed E-state index contributed by atoms with van der Waals surface area (Å²) in [5, 5.41) is 0. The zero-order chi connectivity index (χ0) is 14.4. The summed E-state index contributed by atoms with van der Waals surface area (Å²) in [6, 6.07) is 8.99. The Kier molecular flexibility index (Phi) is 2.82. The van der Waals surface area contributed by atoms with E-state index in [1.807, 2.05) is 0 Å². The van der Waals surface area contributed by atoms with Gasteiger partial charge < -0.3 is 0 Å². The predicted octanol–water partition coefficient (Wildman–Crippen LogP) is 5.28. The number of allylic oxidation sites excluding steroid dienone is 8. The molecule has 3 aliphatic carbocycles. The minimum Gasteiger partial charge on any atom is -0.0842 e. The first-order chi connectivity index (χ1) is 10.2. The predicted molar refractivity (Wildman–Crippen MR) is 89.3 cm³/mol. The monoisotopic (exact) mass is 274 g/mol. The Morgan fingerprint density at radius 1 is 1.14 bits per heavy atom. The minimum atomic E-state index is 0.0921. The van der Waals surface area contributed by atoms with Crippen molar-refractivity contribution in [3.8, 4) is 0 Å². The number of benzene rings is 1. The van der Waals surface area contributed by atoms with Crippen LogP contribution in [0.5, 0.6) is 0 Å². The Bertz CT molecular complexity index is 707. The molecule has 0 heterocycles. The van der Waals surface area contributed by atoms with E-state index in [0.29, 0.717) is 5.92 Å². The zero-order valence-electron chi connectivity index (χ0n) is 12.9. The van der Waals surface area contributed by atoms with E-state index in [2.05, 4.69) is 68.5 Å². The number of hydrogen-bond donors (Lipinski definition) is 0. The number of fused-ring (bicyclic) bond motifs is 1. The highest BCUT2D eigenvalue weighted by Crippen LogP contribution is 2.48. The first kappa shape index (κ1) is 12.9. The molecule has 1 aromatic rings. The van der Waals surface area contributed by atoms with E-state index in [9.17, 15) is 0 Å². The van der Waals surface area contributed by atoms with Crippen molar-refractivity contribution in [1.82, 2.24) is 0 Å². The molecule has 0 heteroatoms. The molecule has 0 nitrogen and oxygen atoms in total. The van der Waals surface area contributed by atoms with Crippen LogP contribution in [0.3, 0.4) is 0 Å². The SMILES string of the molecule is CC1(C)C2=CC=CC3CCC=CC(=C23)Cc2ccccc21. The van der Waals surface area contributed by atoms with Crippen molar-refractivity contribution in [3.05, 3.63) is 82.5 Å². The third kappa shape index (κ3) is 1.89. The molecule has 0 saturated carbocycles. The van der Waals surface area contributed by atoms with E-state index in [1.54, 1.807) is 5.57 Å². The first-order valence-corrected chi connectivity index (χ1v) is 8.05. The van der Waals surface area contributed by atoms with Crippen LogP contribution < -0.4 is 0 Å². The second kappa shape index (κ2) is 4.59. The van der Waals surface area contributed by atoms with Crippen molar-refractivity contribution in [3.63, 3.8) is 0 Å². The molecule has 1 aromatic carbocycles. The molecule has 0 spiro atoms. The topological polar surface area (TPSA) is 0 Å². The van der Waals surface area contributed by atoms with Crippen LogP contribution in [0.1, 0.15) is 37.8 Å². The summed E-state index contributed by atoms with van der Waals surface area (Å²) in [6.45, 7) is 4.77. The number of rotatable bonds is 0. The molecule has 0 radical (unpaired) electrons. The highest BCUT2D eigenvalue weighted by atomic mass is 14.4. The van der Waals surface area contributed by atoms with Crippen LogP contribution in [0.15, 0.2) is 71.4 Å². The van der Waals surface area contributed by atoms with Crippen LogP contribution in [0.4, 0.5) is 0 Å². The zero-order valence-corrected chi connectivity index (χ0v) is 12.9. The third-order valence-corrected chi connectivity index (χ3v) is 5.32. The van der Waals surface area contributed by atoms with Gasteiger partial charge in [0.2, 0.25) is 0 Å². The van der Waals surface area contributed by atoms with Crippen molar-refractivity contribution in [2.45, 2.75) is 38.5 Å². The Morgan fingerprint density at radius 3 is 2.90 bits per heavy atom. The Labute approximate surface area is 127 Å². The summed E-state index contributed by atoms with van der Waals surface area (Å²) in [7, 11) is 0. The van der Waals surface area contributed by atoms with Crippen LogP contribution in [0.25, 0.3) is 0 Å². The molecule has 3 aliphatic rings. The lowest BCUT2D eigenvalue weighted by Crippen LogP contribution is -2.25. The average molecular weight is 274 g/mol. The first-order valence-electron chi connectivity index (χ1n) is 8.05. The van der Waals surface area contributed by atoms with Crippen molar-refractivity contribution < 1.29 is 0 Å². The van der Waals surface area contributed by atoms with Crippen molar-refractivity contribution >= 4 is 0 Å². The normalized spacial score (nSPS) is 25.6. The molecular formula is C21H22. The molecule has 106 valence electrons. The van der Waals surface area contributed by atoms with E-state index >= 15 is 0 Å². The van der Waals surface area contributed by atoms with Gasteiger partial charge in [-0.05, 0) is 47.1 Å². The van der Waals surface area contributed by atoms with E-state index in [1.165, 1.54) is 35.1 Å². The molecule has 4 rings (SSSR count). The fraction of sp³-hybridized carbons (Fsp3) is 0.333. The van der Waals surface area contributed by atoms with Gasteiger partial charge in [0.25, 0.3) is 0 Å². The van der Waals surface area contributed by atoms with Gasteiger partial charge in [-0.1, -0.05) is 68.5 Å². The standard InChI is InChI=1S/C21H22/c1-21(2)18-12-6-5-9-16(18)14-17-10-4-3-8-15-11-7-13-19(21)20(15)17/h4-7,9-13,15H,3,8,14H2,1-2H3. The van der Waals surface area contributed by atoms with Gasteiger partial charge in [0, 0.05) is 11.3 Å². The molecule has 0 aromatic heterocycles. The quantitative estimate of drug-likeness (QED) is 0.604. The molecule has 0 bridgehead atoms. The van der Waals surface area contributed by atoms with Crippen LogP contribution in [-0.4, -0.2) is 0 Å². The van der Waals surface area contributed by atoms with Crippen LogP contribution in [0, 0.1) is 5.92 Å². The number of hydrogen-bond acceptors (Lipinski definition) is 0. The highest BCUT2D eigenvalue weighted by molar-refractivity contribution is 5.60. The second-order valence-electron chi connectivity index (χ2n) is 6.95. The van der Waals surface area contributed by atoms with Crippen molar-refractivity contribution in [2.24, 2.45) is 5.92 Å². The lowest BCUT2D eigenvalue weighted by molar-refractivity contribution is 0.591. The van der Waals surface area contributed by atoms with Gasteiger partial charge in [0.1, 0.15) is 0 Å². The maximum atomic E-state index is 2.40. The Hall–Kier alpha value is -1.82. The molecule has 0 amide bonds. The summed E-state index contributed by atoms with van der Waals surface area (Å²) in [5.41, 5.74) is 7.74. The highest BCUT2D eigenvalue weighted by Gasteiger charge is 2.36.